The fraction of sp³-hybridized carbons (Fsp3) is 0.429. The molecule has 0 spiro atoms. The minimum atomic E-state index is -0.300. The van der Waals surface area contributed by atoms with Gasteiger partial charge in [-0.2, -0.15) is 0 Å². The van der Waals surface area contributed by atoms with E-state index in [4.69, 9.17) is 4.74 Å². The summed E-state index contributed by atoms with van der Waals surface area (Å²) in [7, 11) is 0. The zero-order valence-corrected chi connectivity index (χ0v) is 10.6. The topological polar surface area (TPSA) is 39.2 Å². The van der Waals surface area contributed by atoms with E-state index in [9.17, 15) is 4.79 Å². The van der Waals surface area contributed by atoms with Gasteiger partial charge in [-0.05, 0) is 35.6 Å². The van der Waals surface area contributed by atoms with E-state index in [2.05, 4.69) is 25.8 Å². The van der Waals surface area contributed by atoms with E-state index in [-0.39, 0.29) is 11.4 Å². The minimum Gasteiger partial charge on any atom is -0.463 e. The Hall–Kier alpha value is -1.64. The molecule has 0 amide bonds. The summed E-state index contributed by atoms with van der Waals surface area (Å²) in [5.41, 5.74) is 1.13. The average Bonchev–Trinajstić information content (AvgIpc) is 2.26. The quantitative estimate of drug-likeness (QED) is 0.592. The zero-order valence-electron chi connectivity index (χ0n) is 10.6. The second kappa shape index (κ2) is 6.18. The highest BCUT2D eigenvalue weighted by Gasteiger charge is 2.10. The van der Waals surface area contributed by atoms with Crippen molar-refractivity contribution in [2.75, 3.05) is 6.61 Å². The van der Waals surface area contributed by atoms with Gasteiger partial charge in [0.2, 0.25) is 0 Å². The number of aromatic nitrogens is 1. The third-order valence-electron chi connectivity index (χ3n) is 2.21. The van der Waals surface area contributed by atoms with Crippen LogP contribution in [-0.2, 0) is 9.53 Å². The molecule has 0 atom stereocenters. The van der Waals surface area contributed by atoms with E-state index in [1.54, 1.807) is 18.5 Å². The number of ether oxygens (including phenoxy) is 1. The lowest BCUT2D eigenvalue weighted by Gasteiger charge is -2.16. The molecule has 1 heterocycles. The number of rotatable bonds is 4. The molecule has 0 saturated carbocycles. The first-order chi connectivity index (χ1) is 7.97. The van der Waals surface area contributed by atoms with Gasteiger partial charge in [-0.3, -0.25) is 4.98 Å². The normalized spacial score (nSPS) is 11.7. The monoisotopic (exact) mass is 233 g/mol. The molecular formula is C14H19NO2. The van der Waals surface area contributed by atoms with E-state index in [0.29, 0.717) is 6.61 Å². The predicted molar refractivity (Wildman–Crippen MR) is 68.3 cm³/mol. The third-order valence-corrected chi connectivity index (χ3v) is 2.21. The standard InChI is InChI=1S/C14H19NO2/c1-14(2,3)8-11-17-13(16)5-4-12-6-9-15-10-7-12/h4-7,9-10H,8,11H2,1-3H3. The van der Waals surface area contributed by atoms with Gasteiger partial charge < -0.3 is 4.74 Å². The van der Waals surface area contributed by atoms with Crippen LogP contribution in [0.25, 0.3) is 6.08 Å². The smallest absolute Gasteiger partial charge is 0.330 e. The highest BCUT2D eigenvalue weighted by molar-refractivity contribution is 5.86. The Labute approximate surface area is 103 Å². The predicted octanol–water partition coefficient (Wildman–Crippen LogP) is 3.07. The number of hydrogen-bond donors (Lipinski definition) is 0. The second-order valence-electron chi connectivity index (χ2n) is 5.09. The van der Waals surface area contributed by atoms with Crippen LogP contribution in [0.3, 0.4) is 0 Å². The summed E-state index contributed by atoms with van der Waals surface area (Å²) in [4.78, 5) is 15.3. The Bertz CT molecular complexity index is 377. The number of hydrogen-bond acceptors (Lipinski definition) is 3. The molecule has 0 radical (unpaired) electrons. The molecule has 0 aliphatic rings. The van der Waals surface area contributed by atoms with Crippen molar-refractivity contribution in [2.45, 2.75) is 27.2 Å². The SMILES string of the molecule is CC(C)(C)CCOC(=O)C=Cc1ccncc1. The number of nitrogens with zero attached hydrogens (tertiary/aromatic N) is 1. The molecule has 1 aromatic rings. The molecular weight excluding hydrogens is 214 g/mol. The van der Waals surface area contributed by atoms with Crippen LogP contribution in [0.1, 0.15) is 32.8 Å². The van der Waals surface area contributed by atoms with Crippen LogP contribution in [0, 0.1) is 5.41 Å². The third kappa shape index (κ3) is 6.51. The Kier molecular flexibility index (Phi) is 4.88. The van der Waals surface area contributed by atoms with Crippen molar-refractivity contribution < 1.29 is 9.53 Å². The molecule has 17 heavy (non-hydrogen) atoms. The fourth-order valence-corrected chi connectivity index (χ4v) is 1.14. The number of esters is 1. The van der Waals surface area contributed by atoms with Crippen LogP contribution in [-0.4, -0.2) is 17.6 Å². The van der Waals surface area contributed by atoms with Gasteiger partial charge in [-0.1, -0.05) is 20.8 Å². The number of carbonyl (C=O) groups excluding carboxylic acids is 1. The maximum absolute atomic E-state index is 11.4. The van der Waals surface area contributed by atoms with Crippen molar-refractivity contribution >= 4 is 12.0 Å². The second-order valence-corrected chi connectivity index (χ2v) is 5.09. The lowest BCUT2D eigenvalue weighted by molar-refractivity contribution is -0.138. The summed E-state index contributed by atoms with van der Waals surface area (Å²) in [6, 6.07) is 3.66. The van der Waals surface area contributed by atoms with Gasteiger partial charge in [0.25, 0.3) is 0 Å². The molecule has 0 aromatic carbocycles. The highest BCUT2D eigenvalue weighted by Crippen LogP contribution is 2.17. The minimum absolute atomic E-state index is 0.190. The van der Waals surface area contributed by atoms with E-state index < -0.39 is 0 Å². The van der Waals surface area contributed by atoms with Crippen LogP contribution in [0.5, 0.6) is 0 Å². The van der Waals surface area contributed by atoms with Crippen LogP contribution < -0.4 is 0 Å². The zero-order chi connectivity index (χ0) is 12.7. The lowest BCUT2D eigenvalue weighted by Crippen LogP contribution is -2.11. The van der Waals surface area contributed by atoms with E-state index >= 15 is 0 Å². The molecule has 0 bridgehead atoms. The molecule has 1 aromatic heterocycles. The van der Waals surface area contributed by atoms with Crippen LogP contribution >= 0.6 is 0 Å². The van der Waals surface area contributed by atoms with E-state index in [1.807, 2.05) is 12.1 Å². The first-order valence-electron chi connectivity index (χ1n) is 5.72. The van der Waals surface area contributed by atoms with Gasteiger partial charge in [-0.25, -0.2) is 4.79 Å². The van der Waals surface area contributed by atoms with Crippen LogP contribution in [0.2, 0.25) is 0 Å². The molecule has 3 nitrogen and oxygen atoms in total. The van der Waals surface area contributed by atoms with Gasteiger partial charge >= 0.3 is 5.97 Å². The van der Waals surface area contributed by atoms with E-state index in [1.165, 1.54) is 6.08 Å². The molecule has 0 N–H and O–H groups in total. The van der Waals surface area contributed by atoms with Crippen LogP contribution in [0.15, 0.2) is 30.6 Å². The van der Waals surface area contributed by atoms with E-state index in [0.717, 1.165) is 12.0 Å². The summed E-state index contributed by atoms with van der Waals surface area (Å²) in [6.07, 6.45) is 7.40. The summed E-state index contributed by atoms with van der Waals surface area (Å²) in [5, 5.41) is 0. The summed E-state index contributed by atoms with van der Waals surface area (Å²) in [5.74, 6) is -0.300. The highest BCUT2D eigenvalue weighted by atomic mass is 16.5. The maximum atomic E-state index is 11.4. The average molecular weight is 233 g/mol. The molecule has 3 heteroatoms. The number of pyridine rings is 1. The summed E-state index contributed by atoms with van der Waals surface area (Å²) >= 11 is 0. The van der Waals surface area contributed by atoms with Crippen molar-refractivity contribution in [2.24, 2.45) is 5.41 Å². The molecule has 0 unspecified atom stereocenters. The molecule has 0 fully saturated rings. The molecule has 92 valence electrons. The Morgan fingerprint density at radius 1 is 1.35 bits per heavy atom. The molecule has 0 saturated heterocycles. The van der Waals surface area contributed by atoms with Gasteiger partial charge in [0.05, 0.1) is 6.61 Å². The van der Waals surface area contributed by atoms with Crippen molar-refractivity contribution in [1.82, 2.24) is 4.98 Å². The lowest BCUT2D eigenvalue weighted by atomic mass is 9.93. The Balaban J connectivity index is 2.33. The molecule has 1 rings (SSSR count). The Morgan fingerprint density at radius 2 is 2.00 bits per heavy atom. The maximum Gasteiger partial charge on any atom is 0.330 e. The van der Waals surface area contributed by atoms with Crippen LogP contribution in [0.4, 0.5) is 0 Å². The summed E-state index contributed by atoms with van der Waals surface area (Å²) in [6.45, 7) is 6.82. The van der Waals surface area contributed by atoms with Crippen molar-refractivity contribution in [3.8, 4) is 0 Å². The Morgan fingerprint density at radius 3 is 2.59 bits per heavy atom. The van der Waals surface area contributed by atoms with Gasteiger partial charge in [0, 0.05) is 18.5 Å². The van der Waals surface area contributed by atoms with Crippen molar-refractivity contribution in [3.05, 3.63) is 36.2 Å². The first-order valence-corrected chi connectivity index (χ1v) is 5.72. The largest absolute Gasteiger partial charge is 0.463 e. The van der Waals surface area contributed by atoms with Gasteiger partial charge in [0.1, 0.15) is 0 Å². The summed E-state index contributed by atoms with van der Waals surface area (Å²) < 4.78 is 5.10. The van der Waals surface area contributed by atoms with Crippen molar-refractivity contribution in [1.29, 1.82) is 0 Å². The molecule has 0 aliphatic carbocycles. The first kappa shape index (κ1) is 13.4. The fourth-order valence-electron chi connectivity index (χ4n) is 1.14. The van der Waals surface area contributed by atoms with Gasteiger partial charge in [-0.15, -0.1) is 0 Å². The molecule has 0 aliphatic heterocycles. The van der Waals surface area contributed by atoms with Crippen molar-refractivity contribution in [3.63, 3.8) is 0 Å². The number of carbonyl (C=O) groups is 1. The van der Waals surface area contributed by atoms with Gasteiger partial charge in [0.15, 0.2) is 0 Å².